The lowest BCUT2D eigenvalue weighted by Gasteiger charge is -2.11. The summed E-state index contributed by atoms with van der Waals surface area (Å²) in [5.41, 5.74) is 1.52. The average Bonchev–Trinajstić information content (AvgIpc) is 2.26. The summed E-state index contributed by atoms with van der Waals surface area (Å²) >= 11 is 0. The van der Waals surface area contributed by atoms with Crippen molar-refractivity contribution in [3.63, 3.8) is 0 Å². The van der Waals surface area contributed by atoms with Gasteiger partial charge in [-0.15, -0.1) is 0 Å². The van der Waals surface area contributed by atoms with Gasteiger partial charge in [-0.2, -0.15) is 0 Å². The Bertz CT molecular complexity index is 338. The maximum Gasteiger partial charge on any atom is 0.240 e. The molecule has 0 aliphatic carbocycles. The van der Waals surface area contributed by atoms with Crippen LogP contribution >= 0.6 is 0 Å². The highest BCUT2D eigenvalue weighted by Crippen LogP contribution is 2.27. The van der Waals surface area contributed by atoms with Crippen molar-refractivity contribution in [2.24, 2.45) is 0 Å². The molecule has 0 bridgehead atoms. The highest BCUT2D eigenvalue weighted by Gasteiger charge is 2.07. The number of methoxy groups -OCH3 is 2. The third-order valence-corrected chi connectivity index (χ3v) is 1.74. The highest BCUT2D eigenvalue weighted by molar-refractivity contribution is 5.95. The van der Waals surface area contributed by atoms with Crippen LogP contribution in [0.5, 0.6) is 11.5 Å². The number of rotatable bonds is 3. The zero-order valence-electron chi connectivity index (χ0n) is 7.87. The second-order valence-corrected chi connectivity index (χ2v) is 2.50. The van der Waals surface area contributed by atoms with E-state index in [4.69, 9.17) is 9.47 Å². The number of benzene rings is 1. The molecular weight excluding hydrogens is 186 g/mol. The van der Waals surface area contributed by atoms with E-state index in [0.717, 1.165) is 0 Å². The van der Waals surface area contributed by atoms with E-state index in [0.29, 0.717) is 11.5 Å². The van der Waals surface area contributed by atoms with Crippen LogP contribution in [0.4, 0.5) is 0 Å². The summed E-state index contributed by atoms with van der Waals surface area (Å²) in [6, 6.07) is 4.48. The number of carbonyl (C=O) groups excluding carboxylic acids is 1. The van der Waals surface area contributed by atoms with Gasteiger partial charge in [0.05, 0.1) is 14.2 Å². The number of ether oxygens (including phenoxy) is 2. The number of carbonyl (C=O) groups is 1. The van der Waals surface area contributed by atoms with Crippen LogP contribution in [-0.4, -0.2) is 20.1 Å². The molecule has 0 aliphatic heterocycles. The number of amides is 1. The normalized spacial score (nSPS) is 9.36. The number of hydrogen-bond donors (Lipinski definition) is 1. The predicted molar refractivity (Wildman–Crippen MR) is 50.4 cm³/mol. The molecule has 1 N–H and O–H groups in total. The molecule has 0 unspecified atom stereocenters. The van der Waals surface area contributed by atoms with E-state index in [1.807, 2.05) is 0 Å². The van der Waals surface area contributed by atoms with Gasteiger partial charge < -0.3 is 20.2 Å². The van der Waals surface area contributed by atoms with Crippen molar-refractivity contribution < 1.29 is 14.3 Å². The van der Waals surface area contributed by atoms with Gasteiger partial charge in [-0.1, -0.05) is 0 Å². The molecule has 0 aliphatic rings. The predicted octanol–water partition coefficient (Wildman–Crippen LogP) is 0.931. The number of hydrogen-bond acceptors (Lipinski definition) is 4. The van der Waals surface area contributed by atoms with Gasteiger partial charge in [0, 0.05) is 5.56 Å². The van der Waals surface area contributed by atoms with Crippen LogP contribution in [0.15, 0.2) is 18.2 Å². The molecule has 0 heterocycles. The lowest BCUT2D eigenvalue weighted by molar-refractivity contribution is 0.0970. The SMILES string of the molecule is COc1ccc(C(=O)N[O-])cc1OC. The highest BCUT2D eigenvalue weighted by atomic mass is 16.5. The Labute approximate surface area is 81.2 Å². The van der Waals surface area contributed by atoms with Crippen LogP contribution in [0.3, 0.4) is 0 Å². The first-order chi connectivity index (χ1) is 6.72. The summed E-state index contributed by atoms with van der Waals surface area (Å²) in [4.78, 5) is 11.0. The van der Waals surface area contributed by atoms with Gasteiger partial charge in [0.15, 0.2) is 11.5 Å². The zero-order chi connectivity index (χ0) is 10.6. The average molecular weight is 196 g/mol. The van der Waals surface area contributed by atoms with Gasteiger partial charge in [-0.3, -0.25) is 4.79 Å². The maximum absolute atomic E-state index is 11.0. The lowest BCUT2D eigenvalue weighted by Crippen LogP contribution is -2.15. The molecular formula is C9H10NO4-. The molecule has 14 heavy (non-hydrogen) atoms. The summed E-state index contributed by atoms with van der Waals surface area (Å²) in [6.07, 6.45) is 0. The van der Waals surface area contributed by atoms with Crippen LogP contribution < -0.4 is 15.0 Å². The first-order valence-electron chi connectivity index (χ1n) is 3.87. The van der Waals surface area contributed by atoms with E-state index < -0.39 is 5.91 Å². The van der Waals surface area contributed by atoms with Crippen molar-refractivity contribution in [1.82, 2.24) is 5.48 Å². The van der Waals surface area contributed by atoms with Gasteiger partial charge in [-0.05, 0) is 18.2 Å². The van der Waals surface area contributed by atoms with Crippen molar-refractivity contribution in [3.8, 4) is 11.5 Å². The summed E-state index contributed by atoms with van der Waals surface area (Å²) < 4.78 is 9.93. The molecule has 1 amide bonds. The Kier molecular flexibility index (Phi) is 3.30. The van der Waals surface area contributed by atoms with Crippen molar-refractivity contribution >= 4 is 5.91 Å². The molecule has 76 valence electrons. The van der Waals surface area contributed by atoms with E-state index in [9.17, 15) is 10.0 Å². The molecule has 0 aromatic heterocycles. The molecule has 1 aromatic rings. The smallest absolute Gasteiger partial charge is 0.240 e. The molecule has 5 heteroatoms. The number of nitrogens with one attached hydrogen (secondary N) is 1. The van der Waals surface area contributed by atoms with Gasteiger partial charge in [0.2, 0.25) is 5.91 Å². The van der Waals surface area contributed by atoms with Crippen molar-refractivity contribution in [2.75, 3.05) is 14.2 Å². The van der Waals surface area contributed by atoms with Gasteiger partial charge in [-0.25, -0.2) is 0 Å². The fraction of sp³-hybridized carbons (Fsp3) is 0.222. The van der Waals surface area contributed by atoms with Crippen molar-refractivity contribution in [3.05, 3.63) is 29.0 Å². The monoisotopic (exact) mass is 196 g/mol. The minimum Gasteiger partial charge on any atom is -0.759 e. The van der Waals surface area contributed by atoms with Crippen LogP contribution in [0.1, 0.15) is 10.4 Å². The van der Waals surface area contributed by atoms with Crippen LogP contribution in [-0.2, 0) is 0 Å². The van der Waals surface area contributed by atoms with Gasteiger partial charge in [0.1, 0.15) is 0 Å². The summed E-state index contributed by atoms with van der Waals surface area (Å²) in [5.74, 6) is 0.217. The second-order valence-electron chi connectivity index (χ2n) is 2.50. The minimum atomic E-state index is -0.703. The Morgan fingerprint density at radius 3 is 2.43 bits per heavy atom. The lowest BCUT2D eigenvalue weighted by atomic mass is 10.2. The van der Waals surface area contributed by atoms with E-state index in [-0.39, 0.29) is 5.56 Å². The molecule has 1 aromatic carbocycles. The second kappa shape index (κ2) is 4.48. The summed E-state index contributed by atoms with van der Waals surface area (Å²) in [5, 5.41) is 10.1. The Balaban J connectivity index is 3.07. The largest absolute Gasteiger partial charge is 0.759 e. The first kappa shape index (κ1) is 10.3. The fourth-order valence-electron chi connectivity index (χ4n) is 1.04. The van der Waals surface area contributed by atoms with Crippen LogP contribution in [0, 0.1) is 5.21 Å². The molecule has 0 saturated carbocycles. The molecule has 1 rings (SSSR count). The molecule has 0 atom stereocenters. The third kappa shape index (κ3) is 1.94. The van der Waals surface area contributed by atoms with Crippen LogP contribution in [0.25, 0.3) is 0 Å². The Morgan fingerprint density at radius 1 is 1.29 bits per heavy atom. The minimum absolute atomic E-state index is 0.234. The van der Waals surface area contributed by atoms with Crippen molar-refractivity contribution in [1.29, 1.82) is 0 Å². The Hall–Kier alpha value is -1.75. The zero-order valence-corrected chi connectivity index (χ0v) is 7.87. The maximum atomic E-state index is 11.0. The van der Waals surface area contributed by atoms with E-state index in [1.165, 1.54) is 31.8 Å². The summed E-state index contributed by atoms with van der Waals surface area (Å²) in [6.45, 7) is 0. The molecule has 0 spiro atoms. The fourth-order valence-corrected chi connectivity index (χ4v) is 1.04. The molecule has 0 radical (unpaired) electrons. The van der Waals surface area contributed by atoms with E-state index in [2.05, 4.69) is 0 Å². The van der Waals surface area contributed by atoms with Gasteiger partial charge >= 0.3 is 0 Å². The van der Waals surface area contributed by atoms with Crippen molar-refractivity contribution in [2.45, 2.75) is 0 Å². The molecule has 5 nitrogen and oxygen atoms in total. The van der Waals surface area contributed by atoms with E-state index >= 15 is 0 Å². The Morgan fingerprint density at radius 2 is 1.93 bits per heavy atom. The number of hydroxylamine groups is 1. The topological polar surface area (TPSA) is 70.6 Å². The quantitative estimate of drug-likeness (QED) is 0.730. The molecule has 0 fully saturated rings. The summed E-state index contributed by atoms with van der Waals surface area (Å²) in [7, 11) is 2.95. The van der Waals surface area contributed by atoms with Crippen LogP contribution in [0.2, 0.25) is 0 Å². The van der Waals surface area contributed by atoms with E-state index in [1.54, 1.807) is 6.07 Å². The first-order valence-corrected chi connectivity index (χ1v) is 3.87. The molecule has 0 saturated heterocycles. The van der Waals surface area contributed by atoms with Gasteiger partial charge in [0.25, 0.3) is 0 Å². The standard InChI is InChI=1S/C9H10NO4/c1-13-7-4-3-6(9(11)10-12)5-8(7)14-2/h3-5H,1-2H3,(H-,10,11,12)/q-1. The third-order valence-electron chi connectivity index (χ3n) is 1.74.